The van der Waals surface area contributed by atoms with E-state index in [0.29, 0.717) is 5.92 Å². The van der Waals surface area contributed by atoms with Gasteiger partial charge in [-0.25, -0.2) is 4.98 Å². The highest BCUT2D eigenvalue weighted by Gasteiger charge is 2.43. The smallest absolute Gasteiger partial charge is 0.111 e. The van der Waals surface area contributed by atoms with Crippen LogP contribution < -0.4 is 0 Å². The molecule has 0 saturated heterocycles. The lowest BCUT2D eigenvalue weighted by molar-refractivity contribution is -0.0782. The Balaban J connectivity index is 1.77. The number of nitrogens with zero attached hydrogens (tertiary/aromatic N) is 2. The van der Waals surface area contributed by atoms with Crippen LogP contribution in [-0.4, -0.2) is 20.3 Å². The lowest BCUT2D eigenvalue weighted by atomic mass is 9.64. The molecule has 0 amide bonds. The molecule has 20 heavy (non-hydrogen) atoms. The molecule has 0 radical (unpaired) electrons. The zero-order valence-corrected chi connectivity index (χ0v) is 12.7. The Kier molecular flexibility index (Phi) is 4.16. The van der Waals surface area contributed by atoms with Crippen molar-refractivity contribution in [1.82, 2.24) is 9.55 Å². The Bertz CT molecular complexity index is 436. The third-order valence-corrected chi connectivity index (χ3v) is 5.67. The first-order valence-corrected chi connectivity index (χ1v) is 8.38. The number of aliphatic hydroxyl groups is 1. The van der Waals surface area contributed by atoms with Gasteiger partial charge in [-0.1, -0.05) is 44.9 Å². The average molecular weight is 276 g/mol. The van der Waals surface area contributed by atoms with Crippen LogP contribution in [0.2, 0.25) is 0 Å². The van der Waals surface area contributed by atoms with Gasteiger partial charge in [0, 0.05) is 25.9 Å². The second-order valence-electron chi connectivity index (χ2n) is 6.99. The monoisotopic (exact) mass is 276 g/mol. The summed E-state index contributed by atoms with van der Waals surface area (Å²) in [6, 6.07) is 0. The van der Waals surface area contributed by atoms with E-state index < -0.39 is 5.60 Å². The van der Waals surface area contributed by atoms with Crippen molar-refractivity contribution in [2.45, 2.75) is 69.8 Å². The van der Waals surface area contributed by atoms with Crippen LogP contribution in [0.15, 0.2) is 12.4 Å². The molecule has 1 N–H and O–H groups in total. The summed E-state index contributed by atoms with van der Waals surface area (Å²) < 4.78 is 2.06. The molecule has 2 aliphatic carbocycles. The van der Waals surface area contributed by atoms with Gasteiger partial charge in [0.15, 0.2) is 0 Å². The van der Waals surface area contributed by atoms with Crippen LogP contribution in [0.5, 0.6) is 0 Å². The van der Waals surface area contributed by atoms with E-state index in [2.05, 4.69) is 9.55 Å². The van der Waals surface area contributed by atoms with Gasteiger partial charge in [0.2, 0.25) is 0 Å². The predicted octanol–water partition coefficient (Wildman–Crippen LogP) is 3.46. The van der Waals surface area contributed by atoms with E-state index in [1.807, 2.05) is 19.4 Å². The molecule has 2 fully saturated rings. The molecule has 2 unspecified atom stereocenters. The molecule has 3 nitrogen and oxygen atoms in total. The first-order valence-electron chi connectivity index (χ1n) is 8.38. The first-order chi connectivity index (χ1) is 9.69. The minimum absolute atomic E-state index is 0.494. The van der Waals surface area contributed by atoms with E-state index in [1.54, 1.807) is 0 Å². The second kappa shape index (κ2) is 5.88. The van der Waals surface area contributed by atoms with Crippen molar-refractivity contribution in [1.29, 1.82) is 0 Å². The largest absolute Gasteiger partial charge is 0.389 e. The minimum Gasteiger partial charge on any atom is -0.389 e. The SMILES string of the molecule is Cn1ccnc1CC1(O)CCCCC1C1CCCCC1. The maximum atomic E-state index is 11.3. The third kappa shape index (κ3) is 2.78. The normalized spacial score (nSPS) is 32.4. The number of hydrogen-bond acceptors (Lipinski definition) is 2. The maximum absolute atomic E-state index is 11.3. The number of aryl methyl sites for hydroxylation is 1. The Labute approximate surface area is 122 Å². The second-order valence-corrected chi connectivity index (χ2v) is 6.99. The highest BCUT2D eigenvalue weighted by Crippen LogP contribution is 2.45. The number of hydrogen-bond donors (Lipinski definition) is 1. The molecule has 2 atom stereocenters. The van der Waals surface area contributed by atoms with Crippen molar-refractivity contribution in [2.24, 2.45) is 18.9 Å². The van der Waals surface area contributed by atoms with Gasteiger partial charge >= 0.3 is 0 Å². The van der Waals surface area contributed by atoms with E-state index in [1.165, 1.54) is 51.4 Å². The molecule has 1 aromatic rings. The van der Waals surface area contributed by atoms with Gasteiger partial charge in [-0.15, -0.1) is 0 Å². The van der Waals surface area contributed by atoms with Gasteiger partial charge in [-0.2, -0.15) is 0 Å². The summed E-state index contributed by atoms with van der Waals surface area (Å²) in [5.41, 5.74) is -0.515. The zero-order chi connectivity index (χ0) is 14.0. The van der Waals surface area contributed by atoms with Gasteiger partial charge in [0.05, 0.1) is 5.60 Å². The summed E-state index contributed by atoms with van der Waals surface area (Å²) in [4.78, 5) is 4.44. The summed E-state index contributed by atoms with van der Waals surface area (Å²) in [6.07, 6.45) is 16.0. The van der Waals surface area contributed by atoms with Gasteiger partial charge in [-0.3, -0.25) is 0 Å². The Hall–Kier alpha value is -0.830. The van der Waals surface area contributed by atoms with E-state index in [-0.39, 0.29) is 0 Å². The molecule has 1 aromatic heterocycles. The van der Waals surface area contributed by atoms with Crippen molar-refractivity contribution in [3.05, 3.63) is 18.2 Å². The Morgan fingerprint density at radius 1 is 1.20 bits per heavy atom. The molecule has 112 valence electrons. The molecule has 1 heterocycles. The fourth-order valence-electron chi connectivity index (χ4n) is 4.52. The van der Waals surface area contributed by atoms with Crippen LogP contribution in [-0.2, 0) is 13.5 Å². The van der Waals surface area contributed by atoms with Gasteiger partial charge in [0.1, 0.15) is 5.82 Å². The highest BCUT2D eigenvalue weighted by molar-refractivity contribution is 5.03. The van der Waals surface area contributed by atoms with Gasteiger partial charge in [0.25, 0.3) is 0 Å². The summed E-state index contributed by atoms with van der Waals surface area (Å²) in [7, 11) is 2.03. The van der Waals surface area contributed by atoms with E-state index in [0.717, 1.165) is 24.6 Å². The summed E-state index contributed by atoms with van der Waals surface area (Å²) in [6.45, 7) is 0. The number of imidazole rings is 1. The quantitative estimate of drug-likeness (QED) is 0.918. The molecular formula is C17H28N2O. The summed E-state index contributed by atoms with van der Waals surface area (Å²) >= 11 is 0. The topological polar surface area (TPSA) is 38.0 Å². The standard InChI is InChI=1S/C17H28N2O/c1-19-12-11-18-16(19)13-17(20)10-6-5-9-15(17)14-7-3-2-4-8-14/h11-12,14-15,20H,2-10,13H2,1H3. The van der Waals surface area contributed by atoms with Gasteiger partial charge in [-0.05, 0) is 24.7 Å². The molecule has 2 saturated carbocycles. The number of rotatable bonds is 3. The lowest BCUT2D eigenvalue weighted by Crippen LogP contribution is -2.47. The molecule has 0 bridgehead atoms. The zero-order valence-electron chi connectivity index (χ0n) is 12.7. The highest BCUT2D eigenvalue weighted by atomic mass is 16.3. The minimum atomic E-state index is -0.515. The molecule has 0 aromatic carbocycles. The van der Waals surface area contributed by atoms with E-state index in [9.17, 15) is 5.11 Å². The van der Waals surface area contributed by atoms with Gasteiger partial charge < -0.3 is 9.67 Å². The first kappa shape index (κ1) is 14.1. The maximum Gasteiger partial charge on any atom is 0.111 e. The Morgan fingerprint density at radius 3 is 2.65 bits per heavy atom. The lowest BCUT2D eigenvalue weighted by Gasteiger charge is -2.45. The van der Waals surface area contributed by atoms with Crippen molar-refractivity contribution >= 4 is 0 Å². The molecule has 0 aliphatic heterocycles. The van der Waals surface area contributed by atoms with Crippen LogP contribution in [0.4, 0.5) is 0 Å². The molecule has 3 heteroatoms. The average Bonchev–Trinajstić information content (AvgIpc) is 2.85. The molecular weight excluding hydrogens is 248 g/mol. The van der Waals surface area contributed by atoms with Crippen molar-refractivity contribution in [3.63, 3.8) is 0 Å². The summed E-state index contributed by atoms with van der Waals surface area (Å²) in [5, 5.41) is 11.3. The molecule has 2 aliphatic rings. The van der Waals surface area contributed by atoms with Crippen molar-refractivity contribution < 1.29 is 5.11 Å². The van der Waals surface area contributed by atoms with E-state index in [4.69, 9.17) is 0 Å². The fraction of sp³-hybridized carbons (Fsp3) is 0.824. The Morgan fingerprint density at radius 2 is 1.95 bits per heavy atom. The predicted molar refractivity (Wildman–Crippen MR) is 80.4 cm³/mol. The molecule has 3 rings (SSSR count). The van der Waals surface area contributed by atoms with Crippen LogP contribution in [0.25, 0.3) is 0 Å². The van der Waals surface area contributed by atoms with E-state index >= 15 is 0 Å². The van der Waals surface area contributed by atoms with Crippen molar-refractivity contribution in [3.8, 4) is 0 Å². The van der Waals surface area contributed by atoms with Crippen LogP contribution in [0.1, 0.15) is 63.6 Å². The summed E-state index contributed by atoms with van der Waals surface area (Å²) in [5.74, 6) is 2.28. The van der Waals surface area contributed by atoms with Crippen molar-refractivity contribution in [2.75, 3.05) is 0 Å². The fourth-order valence-corrected chi connectivity index (χ4v) is 4.52. The van der Waals surface area contributed by atoms with Crippen LogP contribution in [0.3, 0.4) is 0 Å². The van der Waals surface area contributed by atoms with Crippen LogP contribution >= 0.6 is 0 Å². The number of aromatic nitrogens is 2. The molecule has 0 spiro atoms. The third-order valence-electron chi connectivity index (χ3n) is 5.67. The van der Waals surface area contributed by atoms with Crippen LogP contribution in [0, 0.1) is 11.8 Å².